The number of rotatable bonds is 10. The number of esters is 3. The standard InChI is InChI=1S/C38H48N8O8/c1-38(2,3)54-37(50)43-29-10-7-27(8-11-29)19-40-33-21-39-30(20-41-33)12-9-28-17-31-22-45(25-35(48)52-5)15-13-44(24-34(47)51-4)14-16-46(26-36(49)53-6)23-32(18-28)42-31/h7-8,10-11,17-18,20-21H,13-16,19,22-26H2,1-6H3,(H,40,41)(H,43,50). The lowest BCUT2D eigenvalue weighted by Crippen LogP contribution is -2.44. The van der Waals surface area contributed by atoms with E-state index in [0.29, 0.717) is 80.0 Å². The molecule has 0 saturated heterocycles. The molecule has 1 aromatic carbocycles. The Balaban J connectivity index is 1.48. The summed E-state index contributed by atoms with van der Waals surface area (Å²) in [4.78, 5) is 68.3. The zero-order chi connectivity index (χ0) is 39.1. The van der Waals surface area contributed by atoms with E-state index in [1.165, 1.54) is 21.3 Å². The molecule has 2 aromatic heterocycles. The lowest BCUT2D eigenvalue weighted by molar-refractivity contribution is -0.144. The normalized spacial score (nSPS) is 14.3. The van der Waals surface area contributed by atoms with Crippen molar-refractivity contribution in [3.8, 4) is 11.8 Å². The summed E-state index contributed by atoms with van der Waals surface area (Å²) in [5.41, 5.74) is 3.47. The molecule has 0 radical (unpaired) electrons. The summed E-state index contributed by atoms with van der Waals surface area (Å²) >= 11 is 0. The molecule has 16 nitrogen and oxygen atoms in total. The van der Waals surface area contributed by atoms with Gasteiger partial charge in [-0.2, -0.15) is 0 Å². The van der Waals surface area contributed by atoms with Gasteiger partial charge < -0.3 is 24.3 Å². The number of carbonyl (C=O) groups excluding carboxylic acids is 4. The van der Waals surface area contributed by atoms with Crippen molar-refractivity contribution in [1.29, 1.82) is 0 Å². The summed E-state index contributed by atoms with van der Waals surface area (Å²) in [5, 5.41) is 5.95. The van der Waals surface area contributed by atoms with Gasteiger partial charge in [0.15, 0.2) is 0 Å². The Hall–Kier alpha value is -5.63. The third kappa shape index (κ3) is 14.4. The Bertz CT molecular complexity index is 1750. The molecule has 16 heteroatoms. The SMILES string of the molecule is COC(=O)CN1CCN(CC(=O)OC)Cc2cc(C#Cc3cnc(NCc4ccc(NC(=O)OC(C)(C)C)cc4)cn3)cc(n2)CN(CC(=O)OC)CC1. The number of fused-ring (bicyclic) bond motifs is 2. The number of benzene rings is 1. The Labute approximate surface area is 315 Å². The first-order chi connectivity index (χ1) is 25.8. The van der Waals surface area contributed by atoms with E-state index in [1.54, 1.807) is 45.3 Å². The fourth-order valence-electron chi connectivity index (χ4n) is 5.29. The second kappa shape index (κ2) is 20.0. The fraction of sp³-hybridized carbons (Fsp3) is 0.447. The van der Waals surface area contributed by atoms with Crippen LogP contribution >= 0.6 is 0 Å². The van der Waals surface area contributed by atoms with Crippen LogP contribution in [0, 0.1) is 11.8 Å². The average molecular weight is 745 g/mol. The minimum Gasteiger partial charge on any atom is -0.468 e. The molecule has 288 valence electrons. The van der Waals surface area contributed by atoms with Crippen LogP contribution in [-0.4, -0.2) is 126 Å². The number of ether oxygens (including phenoxy) is 4. The van der Waals surface area contributed by atoms with E-state index in [0.717, 1.165) is 5.56 Å². The van der Waals surface area contributed by atoms with Crippen LogP contribution in [0.1, 0.15) is 49.0 Å². The van der Waals surface area contributed by atoms with E-state index in [4.69, 9.17) is 23.9 Å². The number of pyridine rings is 1. The number of amides is 1. The van der Waals surface area contributed by atoms with E-state index in [2.05, 4.69) is 32.4 Å². The third-order valence-electron chi connectivity index (χ3n) is 7.97. The molecule has 0 spiro atoms. The average Bonchev–Trinajstić information content (AvgIpc) is 3.13. The van der Waals surface area contributed by atoms with Crippen LogP contribution < -0.4 is 10.6 Å². The maximum absolute atomic E-state index is 12.3. The molecule has 2 N–H and O–H groups in total. The summed E-state index contributed by atoms with van der Waals surface area (Å²) in [6.45, 7) is 8.40. The minimum atomic E-state index is -0.584. The Kier molecular flexibility index (Phi) is 15.2. The maximum Gasteiger partial charge on any atom is 0.412 e. The molecule has 3 aromatic rings. The lowest BCUT2D eigenvalue weighted by Gasteiger charge is -2.30. The number of anilines is 2. The Morgan fingerprint density at radius 1 is 0.741 bits per heavy atom. The molecule has 1 aliphatic rings. The van der Waals surface area contributed by atoms with Crippen LogP contribution in [0.25, 0.3) is 0 Å². The smallest absolute Gasteiger partial charge is 0.412 e. The van der Waals surface area contributed by atoms with Gasteiger partial charge in [-0.25, -0.2) is 14.8 Å². The monoisotopic (exact) mass is 744 g/mol. The van der Waals surface area contributed by atoms with Crippen molar-refractivity contribution in [3.05, 3.63) is 77.0 Å². The van der Waals surface area contributed by atoms with Crippen LogP contribution in [0.2, 0.25) is 0 Å². The molecule has 4 rings (SSSR count). The van der Waals surface area contributed by atoms with Crippen LogP contribution in [0.5, 0.6) is 0 Å². The predicted octanol–water partition coefficient (Wildman–Crippen LogP) is 2.67. The van der Waals surface area contributed by atoms with Crippen LogP contribution in [0.4, 0.5) is 16.3 Å². The lowest BCUT2D eigenvalue weighted by atomic mass is 10.1. The minimum absolute atomic E-state index is 0.0243. The number of aromatic nitrogens is 3. The number of hydrogen-bond acceptors (Lipinski definition) is 15. The highest BCUT2D eigenvalue weighted by Gasteiger charge is 2.21. The molecule has 0 saturated carbocycles. The third-order valence-corrected chi connectivity index (χ3v) is 7.97. The van der Waals surface area contributed by atoms with E-state index in [9.17, 15) is 19.2 Å². The molecule has 54 heavy (non-hydrogen) atoms. The second-order valence-corrected chi connectivity index (χ2v) is 13.5. The number of hydrogen-bond donors (Lipinski definition) is 2. The Morgan fingerprint density at radius 3 is 1.78 bits per heavy atom. The quantitative estimate of drug-likeness (QED) is 0.176. The van der Waals surface area contributed by atoms with Crippen molar-refractivity contribution < 1.29 is 38.1 Å². The summed E-state index contributed by atoms with van der Waals surface area (Å²) < 4.78 is 20.1. The highest BCUT2D eigenvalue weighted by atomic mass is 16.6. The summed E-state index contributed by atoms with van der Waals surface area (Å²) in [7, 11) is 4.01. The van der Waals surface area contributed by atoms with Crippen molar-refractivity contribution in [2.45, 2.75) is 46.0 Å². The molecule has 1 aliphatic heterocycles. The van der Waals surface area contributed by atoms with Gasteiger partial charge in [-0.05, 0) is 56.5 Å². The van der Waals surface area contributed by atoms with Gasteiger partial charge in [0, 0.05) is 57.1 Å². The first-order valence-electron chi connectivity index (χ1n) is 17.3. The fourth-order valence-corrected chi connectivity index (χ4v) is 5.29. The summed E-state index contributed by atoms with van der Waals surface area (Å²) in [5.74, 6) is 5.62. The van der Waals surface area contributed by atoms with E-state index >= 15 is 0 Å². The van der Waals surface area contributed by atoms with Gasteiger partial charge in [-0.3, -0.25) is 39.4 Å². The molecule has 3 heterocycles. The molecule has 0 fully saturated rings. The van der Waals surface area contributed by atoms with Gasteiger partial charge in [0.2, 0.25) is 0 Å². The van der Waals surface area contributed by atoms with Crippen molar-refractivity contribution in [2.75, 3.05) is 77.8 Å². The zero-order valence-electron chi connectivity index (χ0n) is 31.6. The molecular weight excluding hydrogens is 696 g/mol. The molecule has 0 atom stereocenters. The highest BCUT2D eigenvalue weighted by Crippen LogP contribution is 2.15. The molecule has 0 unspecified atom stereocenters. The molecule has 0 aliphatic carbocycles. The molecule has 1 amide bonds. The van der Waals surface area contributed by atoms with Gasteiger partial charge >= 0.3 is 24.0 Å². The van der Waals surface area contributed by atoms with Gasteiger partial charge in [0.05, 0.1) is 64.7 Å². The number of carbonyl (C=O) groups is 4. The first kappa shape index (κ1) is 41.1. The zero-order valence-corrected chi connectivity index (χ0v) is 31.6. The topological polar surface area (TPSA) is 178 Å². The van der Waals surface area contributed by atoms with Crippen molar-refractivity contribution >= 4 is 35.5 Å². The van der Waals surface area contributed by atoms with Crippen molar-refractivity contribution in [2.24, 2.45) is 0 Å². The second-order valence-electron chi connectivity index (χ2n) is 13.5. The van der Waals surface area contributed by atoms with E-state index in [-0.39, 0.29) is 25.6 Å². The number of methoxy groups -OCH3 is 3. The molecule has 2 bridgehead atoms. The van der Waals surface area contributed by atoms with Gasteiger partial charge in [-0.1, -0.05) is 18.1 Å². The first-order valence-corrected chi connectivity index (χ1v) is 17.3. The van der Waals surface area contributed by atoms with Gasteiger partial charge in [0.25, 0.3) is 0 Å². The molecular formula is C38H48N8O8. The van der Waals surface area contributed by atoms with Crippen LogP contribution in [0.3, 0.4) is 0 Å². The maximum atomic E-state index is 12.3. The van der Waals surface area contributed by atoms with Gasteiger partial charge in [0.1, 0.15) is 17.1 Å². The number of nitrogens with zero attached hydrogens (tertiary/aromatic N) is 6. The van der Waals surface area contributed by atoms with E-state index < -0.39 is 23.6 Å². The number of nitrogens with one attached hydrogen (secondary N) is 2. The van der Waals surface area contributed by atoms with E-state index in [1.807, 2.05) is 39.0 Å². The van der Waals surface area contributed by atoms with Crippen LogP contribution in [0.15, 0.2) is 48.8 Å². The highest BCUT2D eigenvalue weighted by molar-refractivity contribution is 5.84. The largest absolute Gasteiger partial charge is 0.468 e. The van der Waals surface area contributed by atoms with Gasteiger partial charge in [-0.15, -0.1) is 0 Å². The summed E-state index contributed by atoms with van der Waals surface area (Å²) in [6.07, 6.45) is 2.66. The summed E-state index contributed by atoms with van der Waals surface area (Å²) in [6, 6.07) is 11.1. The Morgan fingerprint density at radius 2 is 1.28 bits per heavy atom. The van der Waals surface area contributed by atoms with Crippen LogP contribution in [-0.2, 0) is 53.0 Å². The van der Waals surface area contributed by atoms with Crippen molar-refractivity contribution in [1.82, 2.24) is 29.7 Å². The van der Waals surface area contributed by atoms with Crippen molar-refractivity contribution in [3.63, 3.8) is 0 Å². The predicted molar refractivity (Wildman–Crippen MR) is 199 cm³/mol.